The summed E-state index contributed by atoms with van der Waals surface area (Å²) in [6, 6.07) is 8.18. The van der Waals surface area contributed by atoms with Crippen molar-refractivity contribution >= 4 is 11.9 Å². The minimum Gasteiger partial charge on any atom is -0.465 e. The Morgan fingerprint density at radius 3 is 1.95 bits per heavy atom. The number of benzene rings is 2. The molecule has 6 heteroatoms. The van der Waals surface area contributed by atoms with Crippen LogP contribution in [0.4, 0.5) is 8.78 Å². The number of hydrogen-bond donors (Lipinski definition) is 0. The van der Waals surface area contributed by atoms with E-state index in [9.17, 15) is 18.4 Å². The van der Waals surface area contributed by atoms with E-state index in [1.807, 2.05) is 0 Å². The van der Waals surface area contributed by atoms with Crippen molar-refractivity contribution in [3.05, 3.63) is 65.2 Å². The molecule has 0 N–H and O–H groups in total. The van der Waals surface area contributed by atoms with Crippen LogP contribution in [0.5, 0.6) is 5.75 Å². The number of carbonyl (C=O) groups is 2. The third-order valence-electron chi connectivity index (χ3n) is 2.60. The Hall–Kier alpha value is -2.76. The summed E-state index contributed by atoms with van der Waals surface area (Å²) in [7, 11) is 1.17. The molecule has 0 aliphatic heterocycles. The van der Waals surface area contributed by atoms with E-state index in [0.29, 0.717) is 6.07 Å². The molecule has 2 aromatic carbocycles. The standard InChI is InChI=1S/C15H10F2O4/c1-20-14(18)12-4-2-3-5-13(12)15(19)21-11-7-9(16)6-10(17)8-11/h2-8H,1H3. The fourth-order valence-corrected chi connectivity index (χ4v) is 1.70. The summed E-state index contributed by atoms with van der Waals surface area (Å²) >= 11 is 0. The maximum Gasteiger partial charge on any atom is 0.344 e. The van der Waals surface area contributed by atoms with Gasteiger partial charge in [0.05, 0.1) is 18.2 Å². The first-order valence-corrected chi connectivity index (χ1v) is 5.87. The molecule has 0 aliphatic rings. The van der Waals surface area contributed by atoms with Crippen LogP contribution in [0, 0.1) is 11.6 Å². The highest BCUT2D eigenvalue weighted by molar-refractivity contribution is 6.03. The molecule has 2 rings (SSSR count). The molecule has 108 valence electrons. The van der Waals surface area contributed by atoms with Crippen LogP contribution in [-0.2, 0) is 4.74 Å². The van der Waals surface area contributed by atoms with Crippen molar-refractivity contribution in [2.45, 2.75) is 0 Å². The summed E-state index contributed by atoms with van der Waals surface area (Å²) in [6.45, 7) is 0. The van der Waals surface area contributed by atoms with Gasteiger partial charge in [-0.15, -0.1) is 0 Å². The Bertz CT molecular complexity index is 678. The van der Waals surface area contributed by atoms with Crippen LogP contribution in [-0.4, -0.2) is 19.0 Å². The lowest BCUT2D eigenvalue weighted by Gasteiger charge is -2.08. The molecule has 4 nitrogen and oxygen atoms in total. The second kappa shape index (κ2) is 6.13. The maximum absolute atomic E-state index is 13.0. The highest BCUT2D eigenvalue weighted by atomic mass is 19.1. The Labute approximate surface area is 118 Å². The van der Waals surface area contributed by atoms with E-state index in [4.69, 9.17) is 4.74 Å². The van der Waals surface area contributed by atoms with Crippen molar-refractivity contribution in [2.24, 2.45) is 0 Å². The number of methoxy groups -OCH3 is 1. The minimum absolute atomic E-state index is 0.00174. The zero-order chi connectivity index (χ0) is 15.4. The van der Waals surface area contributed by atoms with Gasteiger partial charge < -0.3 is 9.47 Å². The molecule has 0 amide bonds. The van der Waals surface area contributed by atoms with Gasteiger partial charge in [-0.05, 0) is 12.1 Å². The lowest BCUT2D eigenvalue weighted by molar-refractivity contribution is 0.0587. The first kappa shape index (κ1) is 14.6. The molecule has 2 aromatic rings. The number of hydrogen-bond acceptors (Lipinski definition) is 4. The largest absolute Gasteiger partial charge is 0.465 e. The molecule has 0 spiro atoms. The van der Waals surface area contributed by atoms with Gasteiger partial charge in [0, 0.05) is 18.2 Å². The van der Waals surface area contributed by atoms with Crippen LogP contribution in [0.25, 0.3) is 0 Å². The molecule has 0 unspecified atom stereocenters. The highest BCUT2D eigenvalue weighted by Crippen LogP contribution is 2.18. The topological polar surface area (TPSA) is 52.6 Å². The smallest absolute Gasteiger partial charge is 0.344 e. The minimum atomic E-state index is -0.916. The summed E-state index contributed by atoms with van der Waals surface area (Å²) in [6.07, 6.45) is 0. The van der Waals surface area contributed by atoms with E-state index in [1.54, 1.807) is 6.07 Å². The highest BCUT2D eigenvalue weighted by Gasteiger charge is 2.19. The van der Waals surface area contributed by atoms with E-state index >= 15 is 0 Å². The summed E-state index contributed by atoms with van der Waals surface area (Å²) in [5, 5.41) is 0. The second-order valence-electron chi connectivity index (χ2n) is 4.03. The van der Waals surface area contributed by atoms with Gasteiger partial charge in [-0.25, -0.2) is 18.4 Å². The molecular formula is C15H10F2O4. The fraction of sp³-hybridized carbons (Fsp3) is 0.0667. The SMILES string of the molecule is COC(=O)c1ccccc1C(=O)Oc1cc(F)cc(F)c1. The van der Waals surface area contributed by atoms with Gasteiger partial charge >= 0.3 is 11.9 Å². The molecule has 0 saturated carbocycles. The third-order valence-corrected chi connectivity index (χ3v) is 2.60. The predicted molar refractivity (Wildman–Crippen MR) is 69.1 cm³/mol. The molecule has 0 heterocycles. The first-order valence-electron chi connectivity index (χ1n) is 5.87. The van der Waals surface area contributed by atoms with Crippen molar-refractivity contribution in [2.75, 3.05) is 7.11 Å². The molecule has 0 saturated heterocycles. The van der Waals surface area contributed by atoms with E-state index in [1.165, 1.54) is 25.3 Å². The lowest BCUT2D eigenvalue weighted by Crippen LogP contribution is -2.15. The fourth-order valence-electron chi connectivity index (χ4n) is 1.70. The molecule has 0 aromatic heterocycles. The third kappa shape index (κ3) is 3.42. The molecule has 0 fully saturated rings. The molecule has 0 radical (unpaired) electrons. The average molecular weight is 292 g/mol. The molecule has 0 bridgehead atoms. The van der Waals surface area contributed by atoms with Gasteiger partial charge in [-0.2, -0.15) is 0 Å². The number of rotatable bonds is 3. The monoisotopic (exact) mass is 292 g/mol. The number of carbonyl (C=O) groups excluding carboxylic acids is 2. The van der Waals surface area contributed by atoms with Crippen molar-refractivity contribution in [1.82, 2.24) is 0 Å². The van der Waals surface area contributed by atoms with Crippen LogP contribution in [0.3, 0.4) is 0 Å². The van der Waals surface area contributed by atoms with E-state index in [2.05, 4.69) is 4.74 Å². The van der Waals surface area contributed by atoms with Gasteiger partial charge in [-0.1, -0.05) is 12.1 Å². The molecule has 0 aliphatic carbocycles. The summed E-state index contributed by atoms with van der Waals surface area (Å²) in [4.78, 5) is 23.6. The molecule has 0 atom stereocenters. The summed E-state index contributed by atoms with van der Waals surface area (Å²) in [5.41, 5.74) is -0.0594. The van der Waals surface area contributed by atoms with Gasteiger partial charge in [0.15, 0.2) is 0 Å². The maximum atomic E-state index is 13.0. The summed E-state index contributed by atoms with van der Waals surface area (Å²) in [5.74, 6) is -3.68. The van der Waals surface area contributed by atoms with Crippen molar-refractivity contribution < 1.29 is 27.8 Å². The number of ether oxygens (including phenoxy) is 2. The normalized spacial score (nSPS) is 10.0. The Morgan fingerprint density at radius 1 is 0.905 bits per heavy atom. The summed E-state index contributed by atoms with van der Waals surface area (Å²) < 4.78 is 35.5. The zero-order valence-corrected chi connectivity index (χ0v) is 10.9. The van der Waals surface area contributed by atoms with E-state index in [0.717, 1.165) is 12.1 Å². The first-order chi connectivity index (χ1) is 10.0. The van der Waals surface area contributed by atoms with E-state index < -0.39 is 23.6 Å². The Balaban J connectivity index is 2.30. The van der Waals surface area contributed by atoms with Crippen LogP contribution < -0.4 is 4.74 Å². The second-order valence-corrected chi connectivity index (χ2v) is 4.03. The lowest BCUT2D eigenvalue weighted by atomic mass is 10.1. The Morgan fingerprint density at radius 2 is 1.43 bits per heavy atom. The van der Waals surface area contributed by atoms with Crippen LogP contribution in [0.2, 0.25) is 0 Å². The van der Waals surface area contributed by atoms with Crippen LogP contribution in [0.15, 0.2) is 42.5 Å². The van der Waals surface area contributed by atoms with Gasteiger partial charge in [-0.3, -0.25) is 0 Å². The van der Waals surface area contributed by atoms with Crippen molar-refractivity contribution in [1.29, 1.82) is 0 Å². The zero-order valence-electron chi connectivity index (χ0n) is 10.9. The quantitative estimate of drug-likeness (QED) is 0.644. The average Bonchev–Trinajstić information content (AvgIpc) is 2.45. The van der Waals surface area contributed by atoms with Gasteiger partial charge in [0.25, 0.3) is 0 Å². The van der Waals surface area contributed by atoms with Crippen molar-refractivity contribution in [3.63, 3.8) is 0 Å². The van der Waals surface area contributed by atoms with E-state index in [-0.39, 0.29) is 16.9 Å². The number of esters is 2. The molecule has 21 heavy (non-hydrogen) atoms. The van der Waals surface area contributed by atoms with Crippen molar-refractivity contribution in [3.8, 4) is 5.75 Å². The molecular weight excluding hydrogens is 282 g/mol. The Kier molecular flexibility index (Phi) is 4.27. The van der Waals surface area contributed by atoms with Crippen LogP contribution >= 0.6 is 0 Å². The van der Waals surface area contributed by atoms with Crippen LogP contribution in [0.1, 0.15) is 20.7 Å². The number of halogens is 2. The van der Waals surface area contributed by atoms with Gasteiger partial charge in [0.1, 0.15) is 17.4 Å². The predicted octanol–water partition coefficient (Wildman–Crippen LogP) is 2.97. The van der Waals surface area contributed by atoms with Gasteiger partial charge in [0.2, 0.25) is 0 Å².